The van der Waals surface area contributed by atoms with Gasteiger partial charge in [-0.1, -0.05) is 30.3 Å². The van der Waals surface area contributed by atoms with Crippen molar-refractivity contribution in [3.63, 3.8) is 0 Å². The van der Waals surface area contributed by atoms with Gasteiger partial charge in [0, 0.05) is 18.5 Å². The molecular weight excluding hydrogens is 349 g/mol. The van der Waals surface area contributed by atoms with Crippen LogP contribution in [-0.4, -0.2) is 24.0 Å². The molecule has 0 aliphatic rings. The summed E-state index contributed by atoms with van der Waals surface area (Å²) in [5.74, 6) is 0.583. The van der Waals surface area contributed by atoms with Gasteiger partial charge in [-0.15, -0.1) is 11.3 Å². The second-order valence-electron chi connectivity index (χ2n) is 5.34. The highest BCUT2D eigenvalue weighted by atomic mass is 32.1. The van der Waals surface area contributed by atoms with Crippen LogP contribution >= 0.6 is 11.3 Å². The number of thiazole rings is 1. The van der Waals surface area contributed by atoms with Crippen LogP contribution in [0.2, 0.25) is 0 Å². The number of aromatic nitrogens is 1. The van der Waals surface area contributed by atoms with E-state index in [0.717, 1.165) is 36.1 Å². The number of halogens is 3. The lowest BCUT2D eigenvalue weighted by Gasteiger charge is -2.11. The van der Waals surface area contributed by atoms with Crippen LogP contribution in [0.15, 0.2) is 40.7 Å². The van der Waals surface area contributed by atoms with Gasteiger partial charge in [0.15, 0.2) is 11.7 Å². The van der Waals surface area contributed by atoms with Crippen LogP contribution in [0.25, 0.3) is 0 Å². The van der Waals surface area contributed by atoms with E-state index in [9.17, 15) is 13.2 Å². The molecule has 0 saturated carbocycles. The third kappa shape index (κ3) is 6.74. The third-order valence-corrected chi connectivity index (χ3v) is 4.17. The summed E-state index contributed by atoms with van der Waals surface area (Å²) in [6, 6.07) is 10.2. The summed E-state index contributed by atoms with van der Waals surface area (Å²) >= 11 is 0.968. The first-order valence-corrected chi connectivity index (χ1v) is 8.94. The molecule has 0 amide bonds. The average molecular weight is 370 g/mol. The Labute approximate surface area is 149 Å². The quantitative estimate of drug-likeness (QED) is 0.442. The summed E-state index contributed by atoms with van der Waals surface area (Å²) in [4.78, 5) is 7.88. The van der Waals surface area contributed by atoms with E-state index in [1.807, 2.05) is 25.1 Å². The third-order valence-electron chi connectivity index (χ3n) is 3.34. The molecule has 0 unspecified atom stereocenters. The summed E-state index contributed by atoms with van der Waals surface area (Å²) in [5.41, 5.74) is 0.414. The molecule has 0 atom stereocenters. The number of aryl methyl sites for hydroxylation is 1. The van der Waals surface area contributed by atoms with Crippen LogP contribution in [0.5, 0.6) is 0 Å². The van der Waals surface area contributed by atoms with E-state index in [0.29, 0.717) is 17.5 Å². The molecular formula is C17H21F3N4S. The smallest absolute Gasteiger partial charge is 0.357 e. The monoisotopic (exact) mass is 370 g/mol. The molecule has 136 valence electrons. The first-order chi connectivity index (χ1) is 12.0. The fraction of sp³-hybridized carbons (Fsp3) is 0.412. The fourth-order valence-corrected chi connectivity index (χ4v) is 2.87. The predicted molar refractivity (Wildman–Crippen MR) is 94.7 cm³/mol. The van der Waals surface area contributed by atoms with E-state index in [1.165, 1.54) is 5.56 Å². The average Bonchev–Trinajstić information content (AvgIpc) is 3.07. The van der Waals surface area contributed by atoms with E-state index in [-0.39, 0.29) is 6.54 Å². The summed E-state index contributed by atoms with van der Waals surface area (Å²) < 4.78 is 37.6. The second kappa shape index (κ2) is 9.41. The molecule has 0 fully saturated rings. The standard InChI is InChI=1S/C17H21F3N4S/c1-2-21-16(22-10-6-9-13-7-4-3-5-8-13)23-11-15-24-14(12-25-15)17(18,19)20/h3-5,7-8,12H,2,6,9-11H2,1H3,(H2,21,22,23). The van der Waals surface area contributed by atoms with Gasteiger partial charge >= 0.3 is 6.18 Å². The Balaban J connectivity index is 1.82. The second-order valence-corrected chi connectivity index (χ2v) is 6.28. The lowest BCUT2D eigenvalue weighted by Crippen LogP contribution is -2.37. The van der Waals surface area contributed by atoms with Crippen molar-refractivity contribution in [1.29, 1.82) is 0 Å². The Kier molecular flexibility index (Phi) is 7.24. The van der Waals surface area contributed by atoms with Crippen molar-refractivity contribution >= 4 is 17.3 Å². The van der Waals surface area contributed by atoms with Gasteiger partial charge in [-0.25, -0.2) is 9.98 Å². The molecule has 2 rings (SSSR count). The SMILES string of the molecule is CCNC(=NCc1nc(C(F)(F)F)cs1)NCCCc1ccccc1. The van der Waals surface area contributed by atoms with Crippen molar-refractivity contribution in [3.8, 4) is 0 Å². The zero-order valence-corrected chi connectivity index (χ0v) is 14.8. The maximum absolute atomic E-state index is 12.5. The maximum atomic E-state index is 12.5. The first-order valence-electron chi connectivity index (χ1n) is 8.06. The minimum absolute atomic E-state index is 0.120. The molecule has 0 spiro atoms. The molecule has 0 saturated heterocycles. The Morgan fingerprint density at radius 1 is 1.20 bits per heavy atom. The zero-order chi connectivity index (χ0) is 18.1. The van der Waals surface area contributed by atoms with Crippen molar-refractivity contribution in [2.45, 2.75) is 32.5 Å². The minimum atomic E-state index is -4.40. The highest BCUT2D eigenvalue weighted by Gasteiger charge is 2.33. The Morgan fingerprint density at radius 2 is 1.96 bits per heavy atom. The normalized spacial score (nSPS) is 12.2. The summed E-state index contributed by atoms with van der Waals surface area (Å²) in [7, 11) is 0. The summed E-state index contributed by atoms with van der Waals surface area (Å²) in [5, 5.41) is 7.63. The lowest BCUT2D eigenvalue weighted by atomic mass is 10.1. The molecule has 8 heteroatoms. The molecule has 1 aromatic heterocycles. The predicted octanol–water partition coefficient (Wildman–Crippen LogP) is 3.85. The number of aliphatic imine (C=N–C) groups is 1. The molecule has 2 N–H and O–H groups in total. The molecule has 0 aliphatic carbocycles. The molecule has 0 bridgehead atoms. The van der Waals surface area contributed by atoms with Gasteiger partial charge in [0.2, 0.25) is 0 Å². The largest absolute Gasteiger partial charge is 0.434 e. The number of guanidine groups is 1. The van der Waals surface area contributed by atoms with Crippen LogP contribution in [-0.2, 0) is 19.1 Å². The van der Waals surface area contributed by atoms with Crippen molar-refractivity contribution < 1.29 is 13.2 Å². The Bertz CT molecular complexity index is 668. The van der Waals surface area contributed by atoms with Gasteiger partial charge in [0.05, 0.1) is 6.54 Å². The van der Waals surface area contributed by atoms with Crippen molar-refractivity contribution in [2.75, 3.05) is 13.1 Å². The van der Waals surface area contributed by atoms with Crippen LogP contribution in [0.4, 0.5) is 13.2 Å². The minimum Gasteiger partial charge on any atom is -0.357 e. The van der Waals surface area contributed by atoms with Crippen LogP contribution < -0.4 is 10.6 Å². The molecule has 1 aromatic carbocycles. The highest BCUT2D eigenvalue weighted by Crippen LogP contribution is 2.30. The number of rotatable bonds is 7. The Hall–Kier alpha value is -2.09. The number of alkyl halides is 3. The van der Waals surface area contributed by atoms with E-state index in [4.69, 9.17) is 0 Å². The van der Waals surface area contributed by atoms with E-state index in [2.05, 4.69) is 32.7 Å². The van der Waals surface area contributed by atoms with Gasteiger partial charge in [0.25, 0.3) is 0 Å². The van der Waals surface area contributed by atoms with Gasteiger partial charge in [0.1, 0.15) is 5.01 Å². The number of hydrogen-bond acceptors (Lipinski definition) is 3. The number of nitrogens with one attached hydrogen (secondary N) is 2. The summed E-state index contributed by atoms with van der Waals surface area (Å²) in [6.07, 6.45) is -2.52. The fourth-order valence-electron chi connectivity index (χ4n) is 2.15. The molecule has 0 aliphatic heterocycles. The highest BCUT2D eigenvalue weighted by molar-refractivity contribution is 7.09. The van der Waals surface area contributed by atoms with E-state index >= 15 is 0 Å². The molecule has 25 heavy (non-hydrogen) atoms. The molecule has 0 radical (unpaired) electrons. The lowest BCUT2D eigenvalue weighted by molar-refractivity contribution is -0.140. The zero-order valence-electron chi connectivity index (χ0n) is 13.9. The maximum Gasteiger partial charge on any atom is 0.434 e. The number of nitrogens with zero attached hydrogens (tertiary/aromatic N) is 2. The van der Waals surface area contributed by atoms with Crippen molar-refractivity contribution in [3.05, 3.63) is 52.0 Å². The van der Waals surface area contributed by atoms with Gasteiger partial charge in [-0.05, 0) is 25.3 Å². The van der Waals surface area contributed by atoms with Gasteiger partial charge < -0.3 is 10.6 Å². The van der Waals surface area contributed by atoms with Crippen molar-refractivity contribution in [2.24, 2.45) is 4.99 Å². The van der Waals surface area contributed by atoms with Crippen LogP contribution in [0, 0.1) is 0 Å². The van der Waals surface area contributed by atoms with Crippen LogP contribution in [0.3, 0.4) is 0 Å². The molecule has 2 aromatic rings. The molecule has 4 nitrogen and oxygen atoms in total. The molecule has 1 heterocycles. The number of hydrogen-bond donors (Lipinski definition) is 2. The van der Waals surface area contributed by atoms with Crippen LogP contribution in [0.1, 0.15) is 29.6 Å². The van der Waals surface area contributed by atoms with Gasteiger partial charge in [-0.2, -0.15) is 13.2 Å². The van der Waals surface area contributed by atoms with E-state index < -0.39 is 11.9 Å². The van der Waals surface area contributed by atoms with E-state index in [1.54, 1.807) is 0 Å². The Morgan fingerprint density at radius 3 is 2.60 bits per heavy atom. The summed E-state index contributed by atoms with van der Waals surface area (Å²) in [6.45, 7) is 3.46. The number of benzene rings is 1. The first kappa shape index (κ1) is 19.2. The topological polar surface area (TPSA) is 49.3 Å². The van der Waals surface area contributed by atoms with Gasteiger partial charge in [-0.3, -0.25) is 0 Å². The van der Waals surface area contributed by atoms with Crippen molar-refractivity contribution in [1.82, 2.24) is 15.6 Å².